The number of likely N-dealkylation sites (tertiary alicyclic amines) is 1. The van der Waals surface area contributed by atoms with Gasteiger partial charge in [0.1, 0.15) is 34.2 Å². The first kappa shape index (κ1) is 33.0. The van der Waals surface area contributed by atoms with Gasteiger partial charge in [0.05, 0.1) is 23.1 Å². The van der Waals surface area contributed by atoms with E-state index in [0.717, 1.165) is 32.2 Å². The molecule has 8 nitrogen and oxygen atoms in total. The van der Waals surface area contributed by atoms with Gasteiger partial charge in [-0.2, -0.15) is 9.97 Å². The maximum atomic E-state index is 17.6. The van der Waals surface area contributed by atoms with Gasteiger partial charge in [-0.1, -0.05) is 12.0 Å². The molecule has 10 rings (SSSR count). The Morgan fingerprint density at radius 1 is 1.04 bits per heavy atom. The summed E-state index contributed by atoms with van der Waals surface area (Å²) in [6.07, 6.45) is 10.7. The molecule has 3 aliphatic heterocycles. The summed E-state index contributed by atoms with van der Waals surface area (Å²) in [7, 11) is 0. The quantitative estimate of drug-likeness (QED) is 0.131. The van der Waals surface area contributed by atoms with E-state index >= 15 is 8.78 Å². The second-order valence-corrected chi connectivity index (χ2v) is 16.3. The number of fused-ring (bicyclic) bond motifs is 6. The number of nitrogens with zero attached hydrogens (tertiary/aromatic N) is 4. The topological polar surface area (TPSA) is 86.9 Å². The molecular weight excluding hydrogens is 686 g/mol. The van der Waals surface area contributed by atoms with Crippen molar-refractivity contribution >= 4 is 38.5 Å². The molecule has 5 aromatic rings. The number of aromatic nitrogens is 2. The molecule has 2 saturated carbocycles. The van der Waals surface area contributed by atoms with E-state index in [1.807, 2.05) is 6.07 Å². The highest BCUT2D eigenvalue weighted by Gasteiger charge is 2.70. The highest BCUT2D eigenvalue weighted by molar-refractivity contribution is 6.18. The number of hydrogen-bond donors (Lipinski definition) is 2. The van der Waals surface area contributed by atoms with Crippen LogP contribution in [-0.2, 0) is 0 Å². The zero-order valence-corrected chi connectivity index (χ0v) is 29.4. The molecule has 2 N–H and O–H groups in total. The summed E-state index contributed by atoms with van der Waals surface area (Å²) in [5.41, 5.74) is -0.603. The first-order valence-electron chi connectivity index (χ1n) is 18.5. The van der Waals surface area contributed by atoms with E-state index < -0.39 is 23.0 Å². The van der Waals surface area contributed by atoms with Crippen LogP contribution < -0.4 is 15.0 Å². The molecule has 2 aromatic heterocycles. The summed E-state index contributed by atoms with van der Waals surface area (Å²) in [5.74, 6) is -0.548. The molecule has 0 radical (unpaired) electrons. The molecule has 5 fully saturated rings. The number of ether oxygens (including phenoxy) is 1. The molecule has 2 atom stereocenters. The third kappa shape index (κ3) is 5.25. The van der Waals surface area contributed by atoms with Crippen LogP contribution >= 0.6 is 0 Å². The molecule has 0 unspecified atom stereocenters. The number of hydrogen-bond acceptors (Lipinski definition) is 8. The van der Waals surface area contributed by atoms with Crippen LogP contribution in [0, 0.1) is 41.7 Å². The molecule has 5 aliphatic rings. The number of alkyl halides is 2. The van der Waals surface area contributed by atoms with Crippen LogP contribution in [0.4, 0.5) is 23.4 Å². The number of phenolic OH excluding ortho intramolecular Hbond substituents is 1. The van der Waals surface area contributed by atoms with Crippen LogP contribution in [0.1, 0.15) is 56.3 Å². The third-order valence-electron chi connectivity index (χ3n) is 12.7. The predicted octanol–water partition coefficient (Wildman–Crippen LogP) is 7.69. The first-order valence-corrected chi connectivity index (χ1v) is 18.5. The van der Waals surface area contributed by atoms with E-state index in [-0.39, 0.29) is 68.9 Å². The minimum absolute atomic E-state index is 0.00218. The maximum Gasteiger partial charge on any atom is 0.319 e. The molecule has 5 heterocycles. The van der Waals surface area contributed by atoms with Gasteiger partial charge in [-0.25, -0.2) is 17.6 Å². The van der Waals surface area contributed by atoms with Gasteiger partial charge in [0.15, 0.2) is 5.82 Å². The lowest BCUT2D eigenvalue weighted by Gasteiger charge is -2.35. The maximum absolute atomic E-state index is 17.6. The Morgan fingerprint density at radius 3 is 2.45 bits per heavy atom. The van der Waals surface area contributed by atoms with Gasteiger partial charge in [-0.3, -0.25) is 0 Å². The number of nitrogens with one attached hydrogen (secondary N) is 1. The number of aryl methyl sites for hydroxylation is 1. The van der Waals surface area contributed by atoms with Gasteiger partial charge >= 0.3 is 6.01 Å². The number of piperazine rings is 1. The van der Waals surface area contributed by atoms with E-state index in [0.29, 0.717) is 73.4 Å². The average molecular weight is 726 g/mol. The van der Waals surface area contributed by atoms with Gasteiger partial charge < -0.3 is 29.4 Å². The number of furan rings is 1. The van der Waals surface area contributed by atoms with E-state index in [1.54, 1.807) is 6.92 Å². The van der Waals surface area contributed by atoms with Gasteiger partial charge in [0.25, 0.3) is 5.92 Å². The van der Waals surface area contributed by atoms with Crippen molar-refractivity contribution in [3.63, 3.8) is 0 Å². The second-order valence-electron chi connectivity index (χ2n) is 16.3. The molecule has 274 valence electrons. The van der Waals surface area contributed by atoms with Crippen LogP contribution in [0.2, 0.25) is 0 Å². The first-order chi connectivity index (χ1) is 25.5. The molecule has 12 heteroatoms. The molecule has 3 saturated heterocycles. The van der Waals surface area contributed by atoms with Crippen molar-refractivity contribution in [3.8, 4) is 35.2 Å². The summed E-state index contributed by atoms with van der Waals surface area (Å²) in [6.45, 7) is 5.45. The van der Waals surface area contributed by atoms with Crippen molar-refractivity contribution in [2.75, 3.05) is 44.2 Å². The normalized spacial score (nSPS) is 24.0. The molecular formula is C41H39F4N5O3. The van der Waals surface area contributed by atoms with Gasteiger partial charge in [0, 0.05) is 65.3 Å². The monoisotopic (exact) mass is 725 g/mol. The van der Waals surface area contributed by atoms with Crippen LogP contribution in [0.15, 0.2) is 34.7 Å². The smallest absolute Gasteiger partial charge is 0.319 e. The number of halogens is 4. The zero-order chi connectivity index (χ0) is 36.4. The summed E-state index contributed by atoms with van der Waals surface area (Å²) in [5, 5.41) is 16.3. The molecule has 1 spiro atoms. The summed E-state index contributed by atoms with van der Waals surface area (Å²) in [6, 6.07) is 7.97. The highest BCUT2D eigenvalue weighted by Crippen LogP contribution is 2.66. The number of rotatable bonds is 7. The van der Waals surface area contributed by atoms with Crippen molar-refractivity contribution < 1.29 is 31.8 Å². The number of terminal acetylenes is 1. The molecule has 53 heavy (non-hydrogen) atoms. The minimum atomic E-state index is -2.53. The van der Waals surface area contributed by atoms with Crippen molar-refractivity contribution in [1.29, 1.82) is 0 Å². The van der Waals surface area contributed by atoms with Crippen LogP contribution in [0.5, 0.6) is 11.8 Å². The highest BCUT2D eigenvalue weighted by atomic mass is 19.3. The van der Waals surface area contributed by atoms with Gasteiger partial charge in [-0.15, -0.1) is 6.42 Å². The van der Waals surface area contributed by atoms with E-state index in [1.165, 1.54) is 24.3 Å². The number of benzene rings is 3. The Bertz CT molecular complexity index is 2380. The molecule has 0 amide bonds. The Balaban J connectivity index is 1.09. The van der Waals surface area contributed by atoms with Crippen molar-refractivity contribution in [2.24, 2.45) is 10.8 Å². The average Bonchev–Trinajstić information content (AvgIpc) is 3.89. The number of anilines is 1. The van der Waals surface area contributed by atoms with E-state index in [2.05, 4.69) is 21.0 Å². The molecule has 2 bridgehead atoms. The SMILES string of the molecule is C#Cc1c(F)ccc2cc(O)cc(-c3c(F)c4nc(OCC5(CN6CCC7(CC6)CC7(F)F)CC5)nc(N5C[C@H]6CC[C@@H](C5)N6)c4c4cc(C)oc34)c12. The molecule has 3 aromatic carbocycles. The Kier molecular flexibility index (Phi) is 7.13. The number of phenols is 1. The fraction of sp³-hybridized carbons (Fsp3) is 0.463. The lowest BCUT2D eigenvalue weighted by atomic mass is 9.91. The van der Waals surface area contributed by atoms with E-state index in [9.17, 15) is 13.9 Å². The predicted molar refractivity (Wildman–Crippen MR) is 193 cm³/mol. The third-order valence-corrected chi connectivity index (χ3v) is 12.7. The summed E-state index contributed by atoms with van der Waals surface area (Å²) >= 11 is 0. The van der Waals surface area contributed by atoms with Crippen molar-refractivity contribution in [2.45, 2.75) is 69.9 Å². The van der Waals surface area contributed by atoms with Gasteiger partial charge in [0.2, 0.25) is 0 Å². The Hall–Kier alpha value is -4.60. The number of aromatic hydroxyl groups is 1. The van der Waals surface area contributed by atoms with Crippen LogP contribution in [0.3, 0.4) is 0 Å². The largest absolute Gasteiger partial charge is 0.508 e. The Labute approximate surface area is 303 Å². The van der Waals surface area contributed by atoms with E-state index in [4.69, 9.17) is 25.5 Å². The summed E-state index contributed by atoms with van der Waals surface area (Å²) in [4.78, 5) is 14.2. The minimum Gasteiger partial charge on any atom is -0.508 e. The van der Waals surface area contributed by atoms with Crippen molar-refractivity contribution in [3.05, 3.63) is 53.3 Å². The van der Waals surface area contributed by atoms with Crippen molar-refractivity contribution in [1.82, 2.24) is 20.2 Å². The van der Waals surface area contributed by atoms with Gasteiger partial charge in [-0.05, 0) is 88.2 Å². The fourth-order valence-electron chi connectivity index (χ4n) is 9.49. The lowest BCUT2D eigenvalue weighted by molar-refractivity contribution is 0.0252. The second kappa shape index (κ2) is 11.5. The standard InChI is InChI=1S/C41H39F4N5O3/c1-3-27-30(42)7-4-23-15-26(51)16-28(31(23)27)32-34(43)35-33(29-14-22(2)53-36(29)32)37(50-17-24-5-6-25(18-50)46-24)48-38(47-35)52-21-39(8-9-39)20-49-12-10-40(11-13-49)19-41(40,44)45/h1,4,7,14-16,24-25,46,51H,5-6,8-13,17-21H2,2H3/t24-,25+. The number of piperidine rings is 1. The Morgan fingerprint density at radius 2 is 1.77 bits per heavy atom. The van der Waals surface area contributed by atoms with Crippen LogP contribution in [0.25, 0.3) is 43.8 Å². The van der Waals surface area contributed by atoms with Crippen LogP contribution in [-0.4, -0.2) is 77.3 Å². The zero-order valence-electron chi connectivity index (χ0n) is 29.4. The lowest BCUT2D eigenvalue weighted by Crippen LogP contribution is -2.51. The molecule has 2 aliphatic carbocycles. The fourth-order valence-corrected chi connectivity index (χ4v) is 9.49. The summed E-state index contributed by atoms with van der Waals surface area (Å²) < 4.78 is 73.5.